The van der Waals surface area contributed by atoms with Crippen LogP contribution in [-0.2, 0) is 15.1 Å². The number of rotatable bonds is 4. The van der Waals surface area contributed by atoms with E-state index >= 15 is 0 Å². The molecule has 0 radical (unpaired) electrons. The third-order valence-electron chi connectivity index (χ3n) is 6.20. The Morgan fingerprint density at radius 2 is 1.93 bits per heavy atom. The van der Waals surface area contributed by atoms with E-state index in [1.54, 1.807) is 31.4 Å². The van der Waals surface area contributed by atoms with Crippen LogP contribution in [0.15, 0.2) is 42.5 Å². The van der Waals surface area contributed by atoms with E-state index in [-0.39, 0.29) is 17.9 Å². The highest BCUT2D eigenvalue weighted by Crippen LogP contribution is 2.49. The highest BCUT2D eigenvalue weighted by atomic mass is 16.5. The summed E-state index contributed by atoms with van der Waals surface area (Å²) in [6.45, 7) is 6.19. The molecule has 1 fully saturated rings. The van der Waals surface area contributed by atoms with E-state index in [4.69, 9.17) is 4.74 Å². The first-order valence-electron chi connectivity index (χ1n) is 10.0. The number of para-hydroxylation sites is 1. The largest absolute Gasteiger partial charge is 0.497 e. The van der Waals surface area contributed by atoms with E-state index in [1.165, 1.54) is 0 Å². The number of carbonyl (C=O) groups is 2. The predicted octanol–water partition coefficient (Wildman–Crippen LogP) is 3.42. The highest BCUT2D eigenvalue weighted by Gasteiger charge is 2.60. The maximum absolute atomic E-state index is 13.4. The van der Waals surface area contributed by atoms with Gasteiger partial charge in [0, 0.05) is 23.0 Å². The van der Waals surface area contributed by atoms with Crippen molar-refractivity contribution in [2.75, 3.05) is 17.7 Å². The second-order valence-corrected chi connectivity index (χ2v) is 8.26. The summed E-state index contributed by atoms with van der Waals surface area (Å²) in [5.74, 6) is 0.198. The molecule has 4 rings (SSSR count). The lowest BCUT2D eigenvalue weighted by molar-refractivity contribution is -0.130. The van der Waals surface area contributed by atoms with Crippen LogP contribution in [0.25, 0.3) is 0 Å². The van der Waals surface area contributed by atoms with Crippen LogP contribution in [0.2, 0.25) is 0 Å². The summed E-state index contributed by atoms with van der Waals surface area (Å²) < 4.78 is 5.18. The summed E-state index contributed by atoms with van der Waals surface area (Å²) >= 11 is 0. The first-order chi connectivity index (χ1) is 13.9. The van der Waals surface area contributed by atoms with Crippen molar-refractivity contribution < 1.29 is 14.3 Å². The van der Waals surface area contributed by atoms with E-state index in [9.17, 15) is 9.59 Å². The molecule has 0 aromatic heterocycles. The molecule has 0 aliphatic carbocycles. The number of anilines is 2. The summed E-state index contributed by atoms with van der Waals surface area (Å²) in [7, 11) is 1.60. The molecule has 3 N–H and O–H groups in total. The fourth-order valence-corrected chi connectivity index (χ4v) is 4.51. The Morgan fingerprint density at radius 3 is 2.59 bits per heavy atom. The molecule has 6 nitrogen and oxygen atoms in total. The van der Waals surface area contributed by atoms with E-state index in [2.05, 4.69) is 29.8 Å². The van der Waals surface area contributed by atoms with Gasteiger partial charge in [0.2, 0.25) is 11.8 Å². The van der Waals surface area contributed by atoms with Gasteiger partial charge in [0.15, 0.2) is 0 Å². The standard InChI is InChI=1S/C23H27N3O3/c1-13(2)19-12-18(21(27)24-15-8-10-16(29-4)11-9-15)23(26-19)17-7-5-6-14(3)20(17)25-22(23)28/h5-11,13,18-19,26H,12H2,1-4H3,(H,24,27)(H,25,28). The first kappa shape index (κ1) is 19.5. The Labute approximate surface area is 171 Å². The topological polar surface area (TPSA) is 79.5 Å². The molecule has 2 aromatic carbocycles. The maximum Gasteiger partial charge on any atom is 0.250 e. The quantitative estimate of drug-likeness (QED) is 0.744. The third-order valence-corrected chi connectivity index (χ3v) is 6.20. The van der Waals surface area contributed by atoms with Crippen molar-refractivity contribution >= 4 is 23.2 Å². The van der Waals surface area contributed by atoms with Gasteiger partial charge in [0.25, 0.3) is 0 Å². The molecular weight excluding hydrogens is 366 g/mol. The van der Waals surface area contributed by atoms with Crippen molar-refractivity contribution in [3.63, 3.8) is 0 Å². The van der Waals surface area contributed by atoms with Crippen LogP contribution in [-0.4, -0.2) is 25.0 Å². The average molecular weight is 393 g/mol. The van der Waals surface area contributed by atoms with Crippen molar-refractivity contribution in [2.45, 2.75) is 38.8 Å². The van der Waals surface area contributed by atoms with Gasteiger partial charge in [0.1, 0.15) is 11.3 Å². The van der Waals surface area contributed by atoms with Crippen LogP contribution < -0.4 is 20.7 Å². The maximum atomic E-state index is 13.4. The van der Waals surface area contributed by atoms with Gasteiger partial charge in [-0.15, -0.1) is 0 Å². The fraction of sp³-hybridized carbons (Fsp3) is 0.391. The molecular formula is C23H27N3O3. The number of nitrogens with one attached hydrogen (secondary N) is 3. The summed E-state index contributed by atoms with van der Waals surface area (Å²) in [6.07, 6.45) is 0.598. The van der Waals surface area contributed by atoms with E-state index in [1.807, 2.05) is 25.1 Å². The lowest BCUT2D eigenvalue weighted by Gasteiger charge is -2.29. The molecule has 1 saturated heterocycles. The number of amides is 2. The molecule has 152 valence electrons. The van der Waals surface area contributed by atoms with E-state index < -0.39 is 11.5 Å². The van der Waals surface area contributed by atoms with Gasteiger partial charge in [-0.3, -0.25) is 14.9 Å². The molecule has 2 aliphatic rings. The number of ether oxygens (including phenoxy) is 1. The molecule has 3 unspecified atom stereocenters. The third kappa shape index (κ3) is 3.08. The Balaban J connectivity index is 1.71. The van der Waals surface area contributed by atoms with Crippen LogP contribution >= 0.6 is 0 Å². The van der Waals surface area contributed by atoms with Crippen molar-refractivity contribution in [1.29, 1.82) is 0 Å². The minimum Gasteiger partial charge on any atom is -0.497 e. The van der Waals surface area contributed by atoms with Crippen LogP contribution in [0, 0.1) is 18.8 Å². The zero-order chi connectivity index (χ0) is 20.8. The summed E-state index contributed by atoms with van der Waals surface area (Å²) in [5, 5.41) is 9.56. The summed E-state index contributed by atoms with van der Waals surface area (Å²) in [4.78, 5) is 26.6. The minimum atomic E-state index is -1.05. The molecule has 6 heteroatoms. The molecule has 2 aliphatic heterocycles. The average Bonchev–Trinajstić information content (AvgIpc) is 3.24. The number of hydrogen-bond acceptors (Lipinski definition) is 4. The second-order valence-electron chi connectivity index (χ2n) is 8.26. The Morgan fingerprint density at radius 1 is 1.21 bits per heavy atom. The normalized spacial score (nSPS) is 25.2. The van der Waals surface area contributed by atoms with Gasteiger partial charge >= 0.3 is 0 Å². The number of fused-ring (bicyclic) bond motifs is 2. The fourth-order valence-electron chi connectivity index (χ4n) is 4.51. The SMILES string of the molecule is COc1ccc(NC(=O)C2CC(C(C)C)NC23C(=O)Nc2c(C)cccc23)cc1. The van der Waals surface area contributed by atoms with Crippen LogP contribution in [0.4, 0.5) is 11.4 Å². The van der Waals surface area contributed by atoms with Gasteiger partial charge in [-0.05, 0) is 49.1 Å². The van der Waals surface area contributed by atoms with Gasteiger partial charge in [-0.2, -0.15) is 0 Å². The molecule has 0 bridgehead atoms. The monoisotopic (exact) mass is 393 g/mol. The molecule has 3 atom stereocenters. The Bertz CT molecular complexity index is 954. The number of hydrogen-bond donors (Lipinski definition) is 3. The Kier molecular flexibility index (Phi) is 4.82. The van der Waals surface area contributed by atoms with Gasteiger partial charge in [-0.1, -0.05) is 32.0 Å². The van der Waals surface area contributed by atoms with Crippen LogP contribution in [0.3, 0.4) is 0 Å². The van der Waals surface area contributed by atoms with Gasteiger partial charge in [0.05, 0.1) is 13.0 Å². The number of carbonyl (C=O) groups excluding carboxylic acids is 2. The molecule has 0 saturated carbocycles. The lowest BCUT2D eigenvalue weighted by Crippen LogP contribution is -2.52. The minimum absolute atomic E-state index is 0.0684. The number of methoxy groups -OCH3 is 1. The molecule has 29 heavy (non-hydrogen) atoms. The predicted molar refractivity (Wildman–Crippen MR) is 113 cm³/mol. The van der Waals surface area contributed by atoms with Crippen molar-refractivity contribution in [3.8, 4) is 5.75 Å². The molecule has 1 spiro atoms. The summed E-state index contributed by atoms with van der Waals surface area (Å²) in [5.41, 5.74) is 2.31. The summed E-state index contributed by atoms with van der Waals surface area (Å²) in [6, 6.07) is 13.1. The van der Waals surface area contributed by atoms with Crippen molar-refractivity contribution in [2.24, 2.45) is 11.8 Å². The van der Waals surface area contributed by atoms with Gasteiger partial charge in [-0.25, -0.2) is 0 Å². The van der Waals surface area contributed by atoms with Gasteiger partial charge < -0.3 is 15.4 Å². The molecule has 2 amide bonds. The smallest absolute Gasteiger partial charge is 0.250 e. The first-order valence-corrected chi connectivity index (χ1v) is 10.0. The second kappa shape index (κ2) is 7.19. The number of aryl methyl sites for hydroxylation is 1. The highest BCUT2D eigenvalue weighted by molar-refractivity contribution is 6.11. The Hall–Kier alpha value is -2.86. The lowest BCUT2D eigenvalue weighted by atomic mass is 9.79. The number of benzene rings is 2. The van der Waals surface area contributed by atoms with Crippen molar-refractivity contribution in [3.05, 3.63) is 53.6 Å². The molecule has 2 heterocycles. The van der Waals surface area contributed by atoms with E-state index in [0.717, 1.165) is 22.6 Å². The zero-order valence-corrected chi connectivity index (χ0v) is 17.2. The zero-order valence-electron chi connectivity index (χ0n) is 17.2. The van der Waals surface area contributed by atoms with E-state index in [0.29, 0.717) is 18.0 Å². The van der Waals surface area contributed by atoms with Crippen LogP contribution in [0.5, 0.6) is 5.75 Å². The van der Waals surface area contributed by atoms with Crippen LogP contribution in [0.1, 0.15) is 31.4 Å². The molecule has 2 aromatic rings. The van der Waals surface area contributed by atoms with Crippen molar-refractivity contribution in [1.82, 2.24) is 5.32 Å².